The molecule has 0 unspecified atom stereocenters. The van der Waals surface area contributed by atoms with E-state index in [1.807, 2.05) is 25.6 Å². The summed E-state index contributed by atoms with van der Waals surface area (Å²) in [7, 11) is 0. The summed E-state index contributed by atoms with van der Waals surface area (Å²) < 4.78 is 0. The number of hydrogen-bond acceptors (Lipinski definition) is 3. The van der Waals surface area contributed by atoms with Crippen LogP contribution in [-0.4, -0.2) is 35.0 Å². The fourth-order valence-corrected chi connectivity index (χ4v) is 2.26. The minimum Gasteiger partial charge on any atom is -0.285 e. The van der Waals surface area contributed by atoms with Gasteiger partial charge < -0.3 is 0 Å². The van der Waals surface area contributed by atoms with Crippen molar-refractivity contribution in [1.29, 1.82) is 5.26 Å². The zero-order valence-corrected chi connectivity index (χ0v) is 8.65. The average Bonchev–Trinajstić information content (AvgIpc) is 2.32. The molecule has 1 fully saturated rings. The molecule has 1 saturated heterocycles. The normalized spacial score (nSPS) is 21.4. The lowest BCUT2D eigenvalue weighted by molar-refractivity contribution is 0.182. The highest BCUT2D eigenvalue weighted by Gasteiger charge is 2.26. The Morgan fingerprint density at radius 2 is 2.08 bits per heavy atom. The maximum absolute atomic E-state index is 8.94. The van der Waals surface area contributed by atoms with Crippen LogP contribution in [0.3, 0.4) is 0 Å². The summed E-state index contributed by atoms with van der Waals surface area (Å²) >= 11 is 2.00. The van der Waals surface area contributed by atoms with Crippen molar-refractivity contribution in [2.24, 2.45) is 0 Å². The smallest absolute Gasteiger partial charge is 0.103 e. The van der Waals surface area contributed by atoms with E-state index in [0.29, 0.717) is 0 Å². The molecule has 12 heavy (non-hydrogen) atoms. The lowest BCUT2D eigenvalue weighted by Crippen LogP contribution is -2.43. The summed E-state index contributed by atoms with van der Waals surface area (Å²) in [4.78, 5) is 2.28. The monoisotopic (exact) mass is 184 g/mol. The van der Waals surface area contributed by atoms with Crippen LogP contribution >= 0.6 is 11.8 Å². The van der Waals surface area contributed by atoms with Crippen molar-refractivity contribution in [3.8, 4) is 6.07 Å². The largest absolute Gasteiger partial charge is 0.285 e. The maximum Gasteiger partial charge on any atom is 0.103 e. The Morgan fingerprint density at radius 3 is 2.75 bits per heavy atom. The first-order chi connectivity index (χ1) is 5.67. The summed E-state index contributed by atoms with van der Waals surface area (Å²) in [5.41, 5.74) is -0.273. The molecule has 0 radical (unpaired) electrons. The summed E-state index contributed by atoms with van der Waals surface area (Å²) in [5, 5.41) is 8.94. The maximum atomic E-state index is 8.94. The van der Waals surface area contributed by atoms with Gasteiger partial charge in [-0.05, 0) is 26.0 Å². The molecular weight excluding hydrogens is 168 g/mol. The first-order valence-electron chi connectivity index (χ1n) is 4.41. The van der Waals surface area contributed by atoms with Crippen LogP contribution in [0.25, 0.3) is 0 Å². The highest BCUT2D eigenvalue weighted by Crippen LogP contribution is 2.18. The van der Waals surface area contributed by atoms with E-state index in [-0.39, 0.29) is 5.54 Å². The first kappa shape index (κ1) is 9.88. The van der Waals surface area contributed by atoms with E-state index in [1.54, 1.807) is 0 Å². The Morgan fingerprint density at radius 1 is 1.33 bits per heavy atom. The topological polar surface area (TPSA) is 27.0 Å². The molecule has 3 heteroatoms. The van der Waals surface area contributed by atoms with Gasteiger partial charge in [-0.2, -0.15) is 17.0 Å². The fraction of sp³-hybridized carbons (Fsp3) is 0.889. The van der Waals surface area contributed by atoms with Crippen molar-refractivity contribution < 1.29 is 0 Å². The third kappa shape index (κ3) is 2.40. The molecule has 0 atom stereocenters. The molecular formula is C9H16N2S. The Hall–Kier alpha value is -0.200. The second-order valence-corrected chi connectivity index (χ2v) is 4.85. The van der Waals surface area contributed by atoms with Crippen molar-refractivity contribution in [2.45, 2.75) is 25.8 Å². The highest BCUT2D eigenvalue weighted by atomic mass is 32.2. The highest BCUT2D eigenvalue weighted by molar-refractivity contribution is 7.99. The Kier molecular flexibility index (Phi) is 3.42. The zero-order chi connectivity index (χ0) is 9.03. The Balaban J connectivity index is 2.55. The molecule has 0 spiro atoms. The van der Waals surface area contributed by atoms with Gasteiger partial charge in [0.15, 0.2) is 0 Å². The van der Waals surface area contributed by atoms with Crippen LogP contribution in [0.1, 0.15) is 20.3 Å². The van der Waals surface area contributed by atoms with E-state index in [1.165, 1.54) is 17.9 Å². The number of nitriles is 1. The van der Waals surface area contributed by atoms with E-state index < -0.39 is 0 Å². The first-order valence-corrected chi connectivity index (χ1v) is 5.56. The van der Waals surface area contributed by atoms with Gasteiger partial charge in [0, 0.05) is 18.8 Å². The van der Waals surface area contributed by atoms with Crippen LogP contribution in [0.2, 0.25) is 0 Å². The van der Waals surface area contributed by atoms with Crippen LogP contribution in [-0.2, 0) is 0 Å². The molecule has 0 aliphatic carbocycles. The van der Waals surface area contributed by atoms with E-state index in [9.17, 15) is 0 Å². The SMILES string of the molecule is CC(C)(C#N)N1CCCSCC1. The third-order valence-corrected chi connectivity index (χ3v) is 3.34. The minimum atomic E-state index is -0.273. The summed E-state index contributed by atoms with van der Waals surface area (Å²) in [6.07, 6.45) is 1.22. The molecule has 0 aromatic rings. The lowest BCUT2D eigenvalue weighted by atomic mass is 10.1. The third-order valence-electron chi connectivity index (χ3n) is 2.29. The standard InChI is InChI=1S/C9H16N2S/c1-9(2,8-10)11-4-3-6-12-7-5-11/h3-7H2,1-2H3. The quantitative estimate of drug-likeness (QED) is 0.621. The van der Waals surface area contributed by atoms with E-state index in [0.717, 1.165) is 13.1 Å². The predicted octanol–water partition coefficient (Wildman–Crippen LogP) is 1.73. The van der Waals surface area contributed by atoms with Crippen molar-refractivity contribution in [2.75, 3.05) is 24.6 Å². The van der Waals surface area contributed by atoms with Crippen LogP contribution in [0.4, 0.5) is 0 Å². The molecule has 0 amide bonds. The van der Waals surface area contributed by atoms with Crippen molar-refractivity contribution in [1.82, 2.24) is 4.90 Å². The molecule has 1 heterocycles. The molecule has 0 N–H and O–H groups in total. The van der Waals surface area contributed by atoms with Gasteiger partial charge in [-0.3, -0.25) is 4.90 Å². The Labute approximate surface area is 78.9 Å². The Bertz CT molecular complexity index is 175. The average molecular weight is 184 g/mol. The molecule has 1 aliphatic rings. The van der Waals surface area contributed by atoms with Crippen LogP contribution in [0.5, 0.6) is 0 Å². The van der Waals surface area contributed by atoms with Gasteiger partial charge in [-0.25, -0.2) is 0 Å². The molecule has 0 saturated carbocycles. The summed E-state index contributed by atoms with van der Waals surface area (Å²) in [6, 6.07) is 2.36. The van der Waals surface area contributed by atoms with E-state index in [4.69, 9.17) is 5.26 Å². The second-order valence-electron chi connectivity index (χ2n) is 3.62. The molecule has 0 aromatic heterocycles. The predicted molar refractivity (Wildman–Crippen MR) is 53.2 cm³/mol. The minimum absolute atomic E-state index is 0.273. The molecule has 0 bridgehead atoms. The van der Waals surface area contributed by atoms with Gasteiger partial charge in [-0.15, -0.1) is 0 Å². The van der Waals surface area contributed by atoms with E-state index in [2.05, 4.69) is 11.0 Å². The van der Waals surface area contributed by atoms with Crippen LogP contribution < -0.4 is 0 Å². The van der Waals surface area contributed by atoms with Crippen LogP contribution in [0, 0.1) is 11.3 Å². The van der Waals surface area contributed by atoms with Gasteiger partial charge in [-0.1, -0.05) is 0 Å². The zero-order valence-electron chi connectivity index (χ0n) is 7.84. The van der Waals surface area contributed by atoms with Gasteiger partial charge in [0.05, 0.1) is 6.07 Å². The number of nitrogens with zero attached hydrogens (tertiary/aromatic N) is 2. The number of hydrogen-bond donors (Lipinski definition) is 0. The molecule has 0 aromatic carbocycles. The van der Waals surface area contributed by atoms with Crippen molar-refractivity contribution >= 4 is 11.8 Å². The number of rotatable bonds is 1. The number of thioether (sulfide) groups is 1. The molecule has 1 rings (SSSR count). The van der Waals surface area contributed by atoms with Crippen molar-refractivity contribution in [3.05, 3.63) is 0 Å². The van der Waals surface area contributed by atoms with Crippen molar-refractivity contribution in [3.63, 3.8) is 0 Å². The molecule has 2 nitrogen and oxygen atoms in total. The summed E-state index contributed by atoms with van der Waals surface area (Å²) in [6.45, 7) is 6.14. The van der Waals surface area contributed by atoms with Gasteiger partial charge in [0.25, 0.3) is 0 Å². The van der Waals surface area contributed by atoms with Gasteiger partial charge in [0.1, 0.15) is 5.54 Å². The van der Waals surface area contributed by atoms with Gasteiger partial charge in [0.2, 0.25) is 0 Å². The van der Waals surface area contributed by atoms with E-state index >= 15 is 0 Å². The van der Waals surface area contributed by atoms with Crippen LogP contribution in [0.15, 0.2) is 0 Å². The fourth-order valence-electron chi connectivity index (χ4n) is 1.38. The molecule has 68 valence electrons. The second kappa shape index (κ2) is 4.15. The summed E-state index contributed by atoms with van der Waals surface area (Å²) in [5.74, 6) is 2.42. The lowest BCUT2D eigenvalue weighted by Gasteiger charge is -2.31. The van der Waals surface area contributed by atoms with Gasteiger partial charge >= 0.3 is 0 Å². The molecule has 1 aliphatic heterocycles.